The van der Waals surface area contributed by atoms with Gasteiger partial charge < -0.3 is 0 Å². The van der Waals surface area contributed by atoms with Crippen LogP contribution in [-0.2, 0) is 0 Å². The van der Waals surface area contributed by atoms with Crippen molar-refractivity contribution in [2.24, 2.45) is 0 Å². The second kappa shape index (κ2) is 5.46. The second-order valence-electron chi connectivity index (χ2n) is 4.47. The first-order valence-electron chi connectivity index (χ1n) is 6.17. The summed E-state index contributed by atoms with van der Waals surface area (Å²) in [5.41, 5.74) is 2.06. The Balaban J connectivity index is 2.14. The van der Waals surface area contributed by atoms with Crippen LogP contribution in [0.5, 0.6) is 0 Å². The first-order valence-corrected chi connectivity index (χ1v) is 7.77. The van der Waals surface area contributed by atoms with Crippen LogP contribution in [0.25, 0.3) is 11.0 Å². The average Bonchev–Trinajstić information content (AvgIpc) is 2.91. The smallest absolute Gasteiger partial charge is 0.267 e. The molecule has 0 spiro atoms. The van der Waals surface area contributed by atoms with Crippen LogP contribution in [-0.4, -0.2) is 31.9 Å². The van der Waals surface area contributed by atoms with Gasteiger partial charge in [-0.25, -0.2) is 9.97 Å². The van der Waals surface area contributed by atoms with Crippen molar-refractivity contribution < 1.29 is 4.79 Å². The van der Waals surface area contributed by atoms with Gasteiger partial charge in [-0.05, 0) is 25.3 Å². The van der Waals surface area contributed by atoms with Gasteiger partial charge in [0.2, 0.25) is 0 Å². The summed E-state index contributed by atoms with van der Waals surface area (Å²) in [6.07, 6.45) is 3.36. The number of rotatable bonds is 2. The molecule has 21 heavy (non-hydrogen) atoms. The monoisotopic (exact) mass is 318 g/mol. The Morgan fingerprint density at radius 1 is 1.24 bits per heavy atom. The van der Waals surface area contributed by atoms with Crippen LogP contribution in [0.4, 0.5) is 0 Å². The highest BCUT2D eigenvalue weighted by atomic mass is 35.5. The maximum atomic E-state index is 12.5. The van der Waals surface area contributed by atoms with E-state index in [0.717, 1.165) is 5.56 Å². The summed E-state index contributed by atoms with van der Waals surface area (Å²) in [4.78, 5) is 21.0. The van der Waals surface area contributed by atoms with E-state index in [1.807, 2.05) is 25.3 Å². The fraction of sp³-hybridized carbons (Fsp3) is 0.143. The van der Waals surface area contributed by atoms with Crippen molar-refractivity contribution in [1.82, 2.24) is 19.7 Å². The number of fused-ring (bicyclic) bond motifs is 1. The largest absolute Gasteiger partial charge is 0.280 e. The number of benzene rings is 1. The van der Waals surface area contributed by atoms with Crippen LogP contribution >= 0.6 is 23.4 Å². The minimum absolute atomic E-state index is 0.244. The Bertz CT molecular complexity index is 829. The van der Waals surface area contributed by atoms with Gasteiger partial charge >= 0.3 is 0 Å². The number of hydrogen-bond acceptors (Lipinski definition) is 5. The highest BCUT2D eigenvalue weighted by Gasteiger charge is 2.17. The molecule has 3 aromatic rings. The molecule has 0 saturated heterocycles. The van der Waals surface area contributed by atoms with E-state index in [-0.39, 0.29) is 5.91 Å². The predicted molar refractivity (Wildman–Crippen MR) is 83.0 cm³/mol. The molecule has 0 aliphatic heterocycles. The van der Waals surface area contributed by atoms with Crippen LogP contribution in [0.15, 0.2) is 35.6 Å². The Kier molecular flexibility index (Phi) is 3.65. The molecule has 0 unspecified atom stereocenters. The summed E-state index contributed by atoms with van der Waals surface area (Å²) < 4.78 is 1.26. The Morgan fingerprint density at radius 2 is 1.95 bits per heavy atom. The molecule has 0 aliphatic rings. The topological polar surface area (TPSA) is 60.7 Å². The molecule has 5 nitrogen and oxygen atoms in total. The number of aryl methyl sites for hydroxylation is 1. The van der Waals surface area contributed by atoms with Crippen LogP contribution < -0.4 is 0 Å². The fourth-order valence-corrected chi connectivity index (χ4v) is 2.54. The van der Waals surface area contributed by atoms with Crippen molar-refractivity contribution in [3.05, 3.63) is 46.7 Å². The molecule has 7 heteroatoms. The van der Waals surface area contributed by atoms with E-state index in [1.54, 1.807) is 12.1 Å². The lowest BCUT2D eigenvalue weighted by Crippen LogP contribution is -2.14. The molecule has 0 fully saturated rings. The molecule has 0 amide bonds. The van der Waals surface area contributed by atoms with Gasteiger partial charge in [-0.15, -0.1) is 0 Å². The van der Waals surface area contributed by atoms with Gasteiger partial charge in [0, 0.05) is 5.56 Å². The number of hydrogen-bond donors (Lipinski definition) is 0. The number of nitrogens with zero attached hydrogens (tertiary/aromatic N) is 4. The molecule has 2 aromatic heterocycles. The van der Waals surface area contributed by atoms with Gasteiger partial charge in [-0.1, -0.05) is 41.1 Å². The highest BCUT2D eigenvalue weighted by Crippen LogP contribution is 2.23. The Hall–Kier alpha value is -1.92. The third kappa shape index (κ3) is 2.52. The lowest BCUT2D eigenvalue weighted by Gasteiger charge is -2.03. The summed E-state index contributed by atoms with van der Waals surface area (Å²) >= 11 is 7.46. The van der Waals surface area contributed by atoms with Crippen molar-refractivity contribution in [3.8, 4) is 0 Å². The minimum Gasteiger partial charge on any atom is -0.267 e. The van der Waals surface area contributed by atoms with E-state index in [1.165, 1.54) is 22.6 Å². The van der Waals surface area contributed by atoms with Gasteiger partial charge in [-0.2, -0.15) is 9.78 Å². The number of thioether (sulfide) groups is 1. The minimum atomic E-state index is -0.244. The molecular formula is C14H11ClN4OS. The molecule has 0 N–H and O–H groups in total. The van der Waals surface area contributed by atoms with Gasteiger partial charge in [0.25, 0.3) is 5.91 Å². The van der Waals surface area contributed by atoms with Crippen molar-refractivity contribution in [2.45, 2.75) is 12.1 Å². The van der Waals surface area contributed by atoms with Gasteiger partial charge in [0.05, 0.1) is 11.6 Å². The third-order valence-corrected chi connectivity index (χ3v) is 3.87. The maximum absolute atomic E-state index is 12.5. The fourth-order valence-electron chi connectivity index (χ4n) is 1.91. The molecule has 0 aliphatic carbocycles. The molecule has 0 saturated carbocycles. The van der Waals surface area contributed by atoms with Crippen molar-refractivity contribution in [2.75, 3.05) is 6.26 Å². The molecule has 0 bridgehead atoms. The zero-order valence-electron chi connectivity index (χ0n) is 11.4. The Morgan fingerprint density at radius 3 is 2.62 bits per heavy atom. The lowest BCUT2D eigenvalue weighted by molar-refractivity contribution is 0.0949. The van der Waals surface area contributed by atoms with Gasteiger partial charge in [-0.3, -0.25) is 4.79 Å². The normalized spacial score (nSPS) is 11.0. The molecule has 1 aromatic carbocycles. The lowest BCUT2D eigenvalue weighted by atomic mass is 10.1. The number of carbonyl (C=O) groups excluding carboxylic acids is 1. The molecule has 0 atom stereocenters. The van der Waals surface area contributed by atoms with Crippen LogP contribution in [0.2, 0.25) is 5.15 Å². The maximum Gasteiger partial charge on any atom is 0.280 e. The van der Waals surface area contributed by atoms with Gasteiger partial charge in [0.15, 0.2) is 10.8 Å². The standard InChI is InChI=1S/C14H11ClN4OS/c1-8-3-5-9(6-4-8)13(20)19-12-10(7-16-19)11(15)17-14(18-12)21-2/h3-7H,1-2H3. The molecule has 3 rings (SSSR count). The van der Waals surface area contributed by atoms with Crippen molar-refractivity contribution in [3.63, 3.8) is 0 Å². The zero-order valence-corrected chi connectivity index (χ0v) is 12.9. The SMILES string of the molecule is CSc1nc(Cl)c2cnn(C(=O)c3ccc(C)cc3)c2n1. The molecule has 106 valence electrons. The molecule has 0 radical (unpaired) electrons. The van der Waals surface area contributed by atoms with E-state index < -0.39 is 0 Å². The quantitative estimate of drug-likeness (QED) is 0.412. The second-order valence-corrected chi connectivity index (χ2v) is 5.60. The van der Waals surface area contributed by atoms with Gasteiger partial charge in [0.1, 0.15) is 5.15 Å². The number of aromatic nitrogens is 4. The molecule has 2 heterocycles. The van der Waals surface area contributed by atoms with E-state index in [2.05, 4.69) is 15.1 Å². The third-order valence-electron chi connectivity index (χ3n) is 3.03. The number of carbonyl (C=O) groups is 1. The molecular weight excluding hydrogens is 308 g/mol. The highest BCUT2D eigenvalue weighted by molar-refractivity contribution is 7.98. The summed E-state index contributed by atoms with van der Waals surface area (Å²) in [5.74, 6) is -0.244. The number of halogens is 1. The first-order chi connectivity index (χ1) is 10.1. The average molecular weight is 319 g/mol. The van der Waals surface area contributed by atoms with Crippen LogP contribution in [0.1, 0.15) is 15.9 Å². The summed E-state index contributed by atoms with van der Waals surface area (Å²) in [5, 5.41) is 5.47. The van der Waals surface area contributed by atoms with Crippen LogP contribution in [0.3, 0.4) is 0 Å². The van der Waals surface area contributed by atoms with E-state index >= 15 is 0 Å². The summed E-state index contributed by atoms with van der Waals surface area (Å²) in [7, 11) is 0. The van der Waals surface area contributed by atoms with Crippen molar-refractivity contribution >= 4 is 40.3 Å². The van der Waals surface area contributed by atoms with Crippen molar-refractivity contribution in [1.29, 1.82) is 0 Å². The summed E-state index contributed by atoms with van der Waals surface area (Å²) in [6, 6.07) is 7.30. The summed E-state index contributed by atoms with van der Waals surface area (Å²) in [6.45, 7) is 1.97. The van der Waals surface area contributed by atoms with E-state index in [9.17, 15) is 4.79 Å². The Labute approximate surface area is 130 Å². The predicted octanol–water partition coefficient (Wildman–Crippen LogP) is 3.20. The zero-order chi connectivity index (χ0) is 15.0. The van der Waals surface area contributed by atoms with E-state index in [0.29, 0.717) is 26.9 Å². The van der Waals surface area contributed by atoms with E-state index in [4.69, 9.17) is 11.6 Å². The first kappa shape index (κ1) is 14.0. The van der Waals surface area contributed by atoms with Crippen LogP contribution in [0, 0.1) is 6.92 Å².